The zero-order valence-electron chi connectivity index (χ0n) is 10.9. The lowest BCUT2D eigenvalue weighted by molar-refractivity contribution is 0.0953. The second-order valence-electron chi connectivity index (χ2n) is 4.55. The van der Waals surface area contributed by atoms with E-state index in [1.54, 1.807) is 35.6 Å². The fourth-order valence-corrected chi connectivity index (χ4v) is 3.56. The van der Waals surface area contributed by atoms with Gasteiger partial charge < -0.3 is 5.32 Å². The first-order chi connectivity index (χ1) is 10.1. The van der Waals surface area contributed by atoms with Crippen molar-refractivity contribution in [2.75, 3.05) is 0 Å². The largest absolute Gasteiger partial charge is 0.347 e. The summed E-state index contributed by atoms with van der Waals surface area (Å²) in [5, 5.41) is 5.92. The molecule has 3 aromatic rings. The number of fused-ring (bicyclic) bond motifs is 1. The molecule has 0 radical (unpaired) electrons. The van der Waals surface area contributed by atoms with Gasteiger partial charge in [-0.25, -0.2) is 4.39 Å². The lowest BCUT2D eigenvalue weighted by Crippen LogP contribution is -2.22. The smallest absolute Gasteiger partial charge is 0.252 e. The van der Waals surface area contributed by atoms with Crippen molar-refractivity contribution in [2.45, 2.75) is 6.54 Å². The van der Waals surface area contributed by atoms with Crippen LogP contribution in [0.25, 0.3) is 10.8 Å². The first kappa shape index (κ1) is 14.2. The van der Waals surface area contributed by atoms with Gasteiger partial charge in [-0.3, -0.25) is 4.79 Å². The number of rotatable bonds is 3. The number of halogens is 2. The quantitative estimate of drug-likeness (QED) is 0.715. The Hall–Kier alpha value is -1.72. The minimum Gasteiger partial charge on any atom is -0.347 e. The van der Waals surface area contributed by atoms with Crippen molar-refractivity contribution in [3.05, 3.63) is 68.6 Å². The summed E-state index contributed by atoms with van der Waals surface area (Å²) in [6.45, 7) is 0.459. The van der Waals surface area contributed by atoms with Gasteiger partial charge in [0.05, 0.1) is 6.54 Å². The van der Waals surface area contributed by atoms with Crippen LogP contribution in [0.2, 0.25) is 0 Å². The van der Waals surface area contributed by atoms with Crippen molar-refractivity contribution < 1.29 is 9.18 Å². The van der Waals surface area contributed by atoms with Gasteiger partial charge in [0.15, 0.2) is 0 Å². The standard InChI is InChI=1S/C16H11BrFNOS/c17-10-7-11(21-9-10)8-19-16(20)14-5-6-15(18)13-4-2-1-3-12(13)14/h1-7,9H,8H2,(H,19,20). The van der Waals surface area contributed by atoms with Crippen LogP contribution in [0.1, 0.15) is 15.2 Å². The SMILES string of the molecule is O=C(NCc1cc(Br)cs1)c1ccc(F)c2ccccc12. The predicted octanol–water partition coefficient (Wildman–Crippen LogP) is 4.73. The van der Waals surface area contributed by atoms with E-state index in [1.165, 1.54) is 12.1 Å². The molecule has 2 nitrogen and oxygen atoms in total. The zero-order chi connectivity index (χ0) is 14.8. The molecule has 0 atom stereocenters. The molecule has 0 aliphatic carbocycles. The van der Waals surface area contributed by atoms with Gasteiger partial charge in [0.2, 0.25) is 0 Å². The van der Waals surface area contributed by atoms with Crippen LogP contribution in [0.5, 0.6) is 0 Å². The van der Waals surface area contributed by atoms with Gasteiger partial charge in [-0.1, -0.05) is 24.3 Å². The number of hydrogen-bond acceptors (Lipinski definition) is 2. The maximum Gasteiger partial charge on any atom is 0.252 e. The summed E-state index contributed by atoms with van der Waals surface area (Å²) in [7, 11) is 0. The van der Waals surface area contributed by atoms with Crippen molar-refractivity contribution >= 4 is 43.9 Å². The molecule has 0 bridgehead atoms. The van der Waals surface area contributed by atoms with Gasteiger partial charge in [0.25, 0.3) is 5.91 Å². The van der Waals surface area contributed by atoms with Gasteiger partial charge in [0, 0.05) is 25.7 Å². The fraction of sp³-hybridized carbons (Fsp3) is 0.0625. The van der Waals surface area contributed by atoms with Crippen LogP contribution in [-0.2, 0) is 6.54 Å². The molecule has 0 saturated carbocycles. The van der Waals surface area contributed by atoms with Crippen molar-refractivity contribution in [1.29, 1.82) is 0 Å². The van der Waals surface area contributed by atoms with E-state index in [1.807, 2.05) is 11.4 Å². The van der Waals surface area contributed by atoms with Gasteiger partial charge >= 0.3 is 0 Å². The van der Waals surface area contributed by atoms with Crippen LogP contribution in [0.4, 0.5) is 4.39 Å². The third kappa shape index (κ3) is 2.99. The molecular formula is C16H11BrFNOS. The summed E-state index contributed by atoms with van der Waals surface area (Å²) in [5.41, 5.74) is 0.489. The highest BCUT2D eigenvalue weighted by Crippen LogP contribution is 2.22. The molecule has 5 heteroatoms. The summed E-state index contributed by atoms with van der Waals surface area (Å²) < 4.78 is 14.8. The van der Waals surface area contributed by atoms with Gasteiger partial charge in [-0.05, 0) is 39.5 Å². The van der Waals surface area contributed by atoms with Crippen LogP contribution >= 0.6 is 27.3 Å². The highest BCUT2D eigenvalue weighted by Gasteiger charge is 2.12. The molecule has 1 N–H and O–H groups in total. The average molecular weight is 364 g/mol. The minimum atomic E-state index is -0.315. The van der Waals surface area contributed by atoms with E-state index in [-0.39, 0.29) is 11.7 Å². The molecule has 0 saturated heterocycles. The molecule has 3 rings (SSSR count). The number of carbonyl (C=O) groups excluding carboxylic acids is 1. The highest BCUT2D eigenvalue weighted by molar-refractivity contribution is 9.10. The maximum absolute atomic E-state index is 13.7. The monoisotopic (exact) mass is 363 g/mol. The van der Waals surface area contributed by atoms with Crippen LogP contribution in [-0.4, -0.2) is 5.91 Å². The number of amides is 1. The Kier molecular flexibility index (Phi) is 4.03. The molecule has 0 aliphatic heterocycles. The summed E-state index contributed by atoms with van der Waals surface area (Å²) >= 11 is 4.95. The zero-order valence-corrected chi connectivity index (χ0v) is 13.3. The van der Waals surface area contributed by atoms with Crippen molar-refractivity contribution in [3.63, 3.8) is 0 Å². The molecule has 0 aliphatic rings. The number of carbonyl (C=O) groups is 1. The fourth-order valence-electron chi connectivity index (χ4n) is 2.17. The third-order valence-corrected chi connectivity index (χ3v) is 4.86. The van der Waals surface area contributed by atoms with E-state index in [0.717, 1.165) is 9.35 Å². The Labute approximate surface area is 133 Å². The third-order valence-electron chi connectivity index (χ3n) is 3.16. The van der Waals surface area contributed by atoms with Gasteiger partial charge in [0.1, 0.15) is 5.82 Å². The minimum absolute atomic E-state index is 0.198. The maximum atomic E-state index is 13.7. The molecule has 0 fully saturated rings. The Morgan fingerprint density at radius 1 is 1.19 bits per heavy atom. The normalized spacial score (nSPS) is 10.8. The average Bonchev–Trinajstić information content (AvgIpc) is 2.91. The summed E-state index contributed by atoms with van der Waals surface area (Å²) in [5.74, 6) is -0.514. The highest BCUT2D eigenvalue weighted by atomic mass is 79.9. The molecule has 21 heavy (non-hydrogen) atoms. The number of nitrogens with one attached hydrogen (secondary N) is 1. The van der Waals surface area contributed by atoms with Gasteiger partial charge in [-0.15, -0.1) is 11.3 Å². The van der Waals surface area contributed by atoms with E-state index < -0.39 is 0 Å². The molecule has 0 unspecified atom stereocenters. The van der Waals surface area contributed by atoms with Crippen LogP contribution in [0.3, 0.4) is 0 Å². The molecule has 106 valence electrons. The van der Waals surface area contributed by atoms with E-state index in [2.05, 4.69) is 21.2 Å². The van der Waals surface area contributed by atoms with Crippen LogP contribution < -0.4 is 5.32 Å². The molecule has 2 aromatic carbocycles. The second-order valence-corrected chi connectivity index (χ2v) is 6.47. The van der Waals surface area contributed by atoms with Crippen molar-refractivity contribution in [3.8, 4) is 0 Å². The van der Waals surface area contributed by atoms with E-state index >= 15 is 0 Å². The molecule has 1 heterocycles. The summed E-state index contributed by atoms with van der Waals surface area (Å²) in [4.78, 5) is 13.4. The Morgan fingerprint density at radius 2 is 1.95 bits per heavy atom. The van der Waals surface area contributed by atoms with E-state index in [4.69, 9.17) is 0 Å². The number of hydrogen-bond donors (Lipinski definition) is 1. The first-order valence-corrected chi connectivity index (χ1v) is 8.01. The lowest BCUT2D eigenvalue weighted by Gasteiger charge is -2.08. The lowest BCUT2D eigenvalue weighted by atomic mass is 10.0. The second kappa shape index (κ2) is 5.95. The predicted molar refractivity (Wildman–Crippen MR) is 87.1 cm³/mol. The first-order valence-electron chi connectivity index (χ1n) is 6.33. The van der Waals surface area contributed by atoms with Crippen LogP contribution in [0, 0.1) is 5.82 Å². The Morgan fingerprint density at radius 3 is 2.67 bits per heavy atom. The Bertz CT molecular complexity index is 815. The topological polar surface area (TPSA) is 29.1 Å². The molecule has 1 amide bonds. The Balaban J connectivity index is 1.86. The van der Waals surface area contributed by atoms with E-state index in [9.17, 15) is 9.18 Å². The number of thiophene rings is 1. The van der Waals surface area contributed by atoms with Crippen molar-refractivity contribution in [1.82, 2.24) is 5.32 Å². The summed E-state index contributed by atoms with van der Waals surface area (Å²) in [6.07, 6.45) is 0. The molecule has 0 spiro atoms. The summed E-state index contributed by atoms with van der Waals surface area (Å²) in [6, 6.07) is 11.8. The molecular weight excluding hydrogens is 353 g/mol. The van der Waals surface area contributed by atoms with Crippen molar-refractivity contribution in [2.24, 2.45) is 0 Å². The molecule has 1 aromatic heterocycles. The van der Waals surface area contributed by atoms with E-state index in [0.29, 0.717) is 22.9 Å². The van der Waals surface area contributed by atoms with Gasteiger partial charge in [-0.2, -0.15) is 0 Å². The number of benzene rings is 2. The van der Waals surface area contributed by atoms with Crippen LogP contribution in [0.15, 0.2) is 52.3 Å².